The largest absolute Gasteiger partial charge is 0.381 e. The maximum Gasteiger partial charge on any atom is 0.242 e. The number of hydrogen-bond donors (Lipinski definition) is 1. The van der Waals surface area contributed by atoms with Crippen molar-refractivity contribution < 1.29 is 13.2 Å². The number of sulfonamides is 1. The Balaban J connectivity index is 1.91. The van der Waals surface area contributed by atoms with Gasteiger partial charge >= 0.3 is 0 Å². The lowest BCUT2D eigenvalue weighted by atomic mass is 9.92. The van der Waals surface area contributed by atoms with Crippen LogP contribution in [0.3, 0.4) is 0 Å². The standard InChI is InChI=1S/C20H22N2O3S/c1-22(2)26(23,24)16-7-8-17(15-9-10-25-13-15)18(12-16)20-11-14-5-3-4-6-19(14)21-20/h3-8,11-12,15,21H,9-10,13H2,1-2H3. The number of benzene rings is 2. The van der Waals surface area contributed by atoms with Crippen LogP contribution in [-0.4, -0.2) is 45.0 Å². The summed E-state index contributed by atoms with van der Waals surface area (Å²) in [6.07, 6.45) is 0.951. The van der Waals surface area contributed by atoms with Gasteiger partial charge in [0.2, 0.25) is 10.0 Å². The van der Waals surface area contributed by atoms with Gasteiger partial charge in [0.05, 0.1) is 11.5 Å². The lowest BCUT2D eigenvalue weighted by molar-refractivity contribution is 0.194. The molecule has 1 aliphatic rings. The zero-order valence-corrected chi connectivity index (χ0v) is 15.7. The first-order valence-electron chi connectivity index (χ1n) is 8.69. The summed E-state index contributed by atoms with van der Waals surface area (Å²) in [7, 11) is -0.385. The van der Waals surface area contributed by atoms with Gasteiger partial charge in [-0.15, -0.1) is 0 Å². The molecule has 0 spiro atoms. The Labute approximate surface area is 153 Å². The molecule has 3 aromatic rings. The molecule has 0 amide bonds. The van der Waals surface area contributed by atoms with Crippen LogP contribution in [0, 0.1) is 0 Å². The third kappa shape index (κ3) is 2.94. The number of H-pyrrole nitrogens is 1. The van der Waals surface area contributed by atoms with E-state index in [1.807, 2.05) is 30.3 Å². The van der Waals surface area contributed by atoms with Crippen LogP contribution in [-0.2, 0) is 14.8 Å². The molecule has 1 aliphatic heterocycles. The van der Waals surface area contributed by atoms with E-state index in [2.05, 4.69) is 11.1 Å². The molecule has 26 heavy (non-hydrogen) atoms. The van der Waals surface area contributed by atoms with Crippen molar-refractivity contribution in [3.8, 4) is 11.3 Å². The minimum absolute atomic E-state index is 0.285. The number of hydrogen-bond acceptors (Lipinski definition) is 3. The second kappa shape index (κ2) is 6.54. The highest BCUT2D eigenvalue weighted by atomic mass is 32.2. The molecule has 0 saturated carbocycles. The molecule has 136 valence electrons. The van der Waals surface area contributed by atoms with Gasteiger partial charge in [0.1, 0.15) is 0 Å². The first-order valence-corrected chi connectivity index (χ1v) is 10.1. The lowest BCUT2D eigenvalue weighted by Gasteiger charge is -2.17. The molecule has 6 heteroatoms. The molecule has 0 aliphatic carbocycles. The predicted octanol–water partition coefficient (Wildman–Crippen LogP) is 3.59. The Kier molecular flexibility index (Phi) is 4.34. The van der Waals surface area contributed by atoms with Crippen LogP contribution in [0.5, 0.6) is 0 Å². The molecule has 5 nitrogen and oxygen atoms in total. The number of para-hydroxylation sites is 1. The van der Waals surface area contributed by atoms with Gasteiger partial charge in [-0.2, -0.15) is 0 Å². The first kappa shape index (κ1) is 17.3. The average molecular weight is 370 g/mol. The normalized spacial score (nSPS) is 18.0. The van der Waals surface area contributed by atoms with E-state index >= 15 is 0 Å². The van der Waals surface area contributed by atoms with Crippen molar-refractivity contribution in [2.45, 2.75) is 17.2 Å². The van der Waals surface area contributed by atoms with Crippen molar-refractivity contribution in [2.24, 2.45) is 0 Å². The van der Waals surface area contributed by atoms with Gasteiger partial charge < -0.3 is 9.72 Å². The molecule has 1 N–H and O–H groups in total. The Bertz CT molecular complexity index is 1010. The van der Waals surface area contributed by atoms with Gasteiger partial charge in [-0.3, -0.25) is 0 Å². The highest BCUT2D eigenvalue weighted by Gasteiger charge is 2.25. The predicted molar refractivity (Wildman–Crippen MR) is 103 cm³/mol. The van der Waals surface area contributed by atoms with Crippen LogP contribution < -0.4 is 0 Å². The van der Waals surface area contributed by atoms with Gasteiger partial charge in [-0.25, -0.2) is 12.7 Å². The molecular weight excluding hydrogens is 348 g/mol. The molecule has 1 unspecified atom stereocenters. The number of rotatable bonds is 4. The van der Waals surface area contributed by atoms with E-state index in [1.54, 1.807) is 26.2 Å². The number of nitrogens with one attached hydrogen (secondary N) is 1. The van der Waals surface area contributed by atoms with E-state index in [0.29, 0.717) is 11.5 Å². The number of aromatic amines is 1. The van der Waals surface area contributed by atoms with Crippen LogP contribution in [0.15, 0.2) is 53.4 Å². The first-order chi connectivity index (χ1) is 12.5. The van der Waals surface area contributed by atoms with Crippen LogP contribution in [0.1, 0.15) is 17.9 Å². The van der Waals surface area contributed by atoms with Gasteiger partial charge in [0.25, 0.3) is 0 Å². The lowest BCUT2D eigenvalue weighted by Crippen LogP contribution is -2.22. The Morgan fingerprint density at radius 1 is 1.12 bits per heavy atom. The minimum atomic E-state index is -3.49. The highest BCUT2D eigenvalue weighted by Crippen LogP contribution is 2.36. The van der Waals surface area contributed by atoms with Crippen molar-refractivity contribution in [2.75, 3.05) is 27.3 Å². The molecular formula is C20H22N2O3S. The molecule has 4 rings (SSSR count). The van der Waals surface area contributed by atoms with Crippen LogP contribution in [0.4, 0.5) is 0 Å². The molecule has 2 aromatic carbocycles. The fraction of sp³-hybridized carbons (Fsp3) is 0.300. The highest BCUT2D eigenvalue weighted by molar-refractivity contribution is 7.89. The van der Waals surface area contributed by atoms with Crippen molar-refractivity contribution in [1.29, 1.82) is 0 Å². The minimum Gasteiger partial charge on any atom is -0.381 e. The second-order valence-electron chi connectivity index (χ2n) is 6.87. The van der Waals surface area contributed by atoms with Crippen LogP contribution in [0.2, 0.25) is 0 Å². The van der Waals surface area contributed by atoms with Gasteiger partial charge in [-0.05, 0) is 36.2 Å². The fourth-order valence-electron chi connectivity index (χ4n) is 3.49. The van der Waals surface area contributed by atoms with Crippen molar-refractivity contribution in [1.82, 2.24) is 9.29 Å². The summed E-state index contributed by atoms with van der Waals surface area (Å²) < 4.78 is 32.0. The van der Waals surface area contributed by atoms with Gasteiger partial charge in [-0.1, -0.05) is 24.3 Å². The average Bonchev–Trinajstić information content (AvgIpc) is 3.30. The van der Waals surface area contributed by atoms with E-state index in [9.17, 15) is 8.42 Å². The Morgan fingerprint density at radius 2 is 1.92 bits per heavy atom. The van der Waals surface area contributed by atoms with Crippen molar-refractivity contribution >= 4 is 20.9 Å². The molecule has 1 atom stereocenters. The van der Waals surface area contributed by atoms with Gasteiger partial charge in [0, 0.05) is 48.8 Å². The third-order valence-corrected chi connectivity index (χ3v) is 6.80. The quantitative estimate of drug-likeness (QED) is 0.763. The summed E-state index contributed by atoms with van der Waals surface area (Å²) in [6.45, 7) is 1.42. The molecule has 0 bridgehead atoms. The monoisotopic (exact) mass is 370 g/mol. The summed E-state index contributed by atoms with van der Waals surface area (Å²) in [6, 6.07) is 15.6. The van der Waals surface area contributed by atoms with Gasteiger partial charge in [0.15, 0.2) is 0 Å². The van der Waals surface area contributed by atoms with E-state index in [1.165, 1.54) is 4.31 Å². The van der Waals surface area contributed by atoms with E-state index in [-0.39, 0.29) is 5.92 Å². The summed E-state index contributed by atoms with van der Waals surface area (Å²) in [4.78, 5) is 3.74. The SMILES string of the molecule is CN(C)S(=O)(=O)c1ccc(C2CCOC2)c(-c2cc3ccccc3[nH]2)c1. The molecule has 1 saturated heterocycles. The van der Waals surface area contributed by atoms with Crippen molar-refractivity contribution in [3.05, 3.63) is 54.1 Å². The second-order valence-corrected chi connectivity index (χ2v) is 9.02. The summed E-state index contributed by atoms with van der Waals surface area (Å²) in [5, 5.41) is 1.11. The summed E-state index contributed by atoms with van der Waals surface area (Å²) >= 11 is 0. The smallest absolute Gasteiger partial charge is 0.242 e. The molecule has 1 aromatic heterocycles. The zero-order valence-electron chi connectivity index (χ0n) is 14.9. The molecule has 2 heterocycles. The summed E-state index contributed by atoms with van der Waals surface area (Å²) in [5.41, 5.74) is 4.03. The zero-order chi connectivity index (χ0) is 18.3. The van der Waals surface area contributed by atoms with E-state index in [0.717, 1.165) is 40.8 Å². The van der Waals surface area contributed by atoms with Crippen LogP contribution >= 0.6 is 0 Å². The number of fused-ring (bicyclic) bond motifs is 1. The maximum absolute atomic E-state index is 12.6. The maximum atomic E-state index is 12.6. The Morgan fingerprint density at radius 3 is 2.62 bits per heavy atom. The van der Waals surface area contributed by atoms with Crippen molar-refractivity contribution in [3.63, 3.8) is 0 Å². The Hall–Kier alpha value is -2.15. The number of ether oxygens (including phenoxy) is 1. The molecule has 1 fully saturated rings. The molecule has 0 radical (unpaired) electrons. The summed E-state index contributed by atoms with van der Waals surface area (Å²) in [5.74, 6) is 0.285. The fourth-order valence-corrected chi connectivity index (χ4v) is 4.42. The van der Waals surface area contributed by atoms with E-state index < -0.39 is 10.0 Å². The third-order valence-electron chi connectivity index (χ3n) is 4.99. The van der Waals surface area contributed by atoms with Crippen LogP contribution in [0.25, 0.3) is 22.2 Å². The topological polar surface area (TPSA) is 62.4 Å². The van der Waals surface area contributed by atoms with E-state index in [4.69, 9.17) is 4.74 Å². The number of aromatic nitrogens is 1. The number of nitrogens with zero attached hydrogens (tertiary/aromatic N) is 1.